The normalized spacial score (nSPS) is 10.3. The number of ether oxygens (including phenoxy) is 1. The number of benzene rings is 1. The van der Waals surface area contributed by atoms with Crippen molar-refractivity contribution in [3.63, 3.8) is 0 Å². The largest absolute Gasteiger partial charge is 0.481 e. The van der Waals surface area contributed by atoms with Gasteiger partial charge in [-0.15, -0.1) is 0 Å². The zero-order chi connectivity index (χ0) is 15.1. The number of rotatable bonds is 7. The molecule has 0 aliphatic carbocycles. The molecule has 0 bridgehead atoms. The van der Waals surface area contributed by atoms with Crippen LogP contribution in [0.15, 0.2) is 25.6 Å². The zero-order valence-corrected chi connectivity index (χ0v) is 15.3. The molecular weight excluding hydrogens is 460 g/mol. The summed E-state index contributed by atoms with van der Waals surface area (Å²) < 4.78 is 7.36. The van der Waals surface area contributed by atoms with E-state index in [9.17, 15) is 9.59 Å². The summed E-state index contributed by atoms with van der Waals surface area (Å²) in [7, 11) is 0. The standard InChI is InChI=1S/C13H13Br3O4/c14-8-6-9(12(16)10(15)7-8)13(19)20-5-3-1-2-4-11(17)18/h6-7H,1-5H2,(H,17,18). The van der Waals surface area contributed by atoms with E-state index in [1.54, 1.807) is 6.07 Å². The van der Waals surface area contributed by atoms with E-state index in [1.807, 2.05) is 6.07 Å². The first-order valence-corrected chi connectivity index (χ1v) is 8.33. The molecule has 0 fully saturated rings. The van der Waals surface area contributed by atoms with Crippen LogP contribution in [-0.2, 0) is 9.53 Å². The average Bonchev–Trinajstić information content (AvgIpc) is 2.37. The third-order valence-electron chi connectivity index (χ3n) is 2.48. The number of carbonyl (C=O) groups excluding carboxylic acids is 1. The van der Waals surface area contributed by atoms with Crippen LogP contribution in [0.4, 0.5) is 0 Å². The van der Waals surface area contributed by atoms with Gasteiger partial charge in [0.25, 0.3) is 0 Å². The number of carbonyl (C=O) groups is 2. The lowest BCUT2D eigenvalue weighted by Gasteiger charge is -2.08. The lowest BCUT2D eigenvalue weighted by Crippen LogP contribution is -2.08. The molecule has 0 spiro atoms. The van der Waals surface area contributed by atoms with Crippen LogP contribution in [0.5, 0.6) is 0 Å². The molecule has 0 aromatic heterocycles. The summed E-state index contributed by atoms with van der Waals surface area (Å²) in [4.78, 5) is 22.2. The Morgan fingerprint density at radius 3 is 2.45 bits per heavy atom. The van der Waals surface area contributed by atoms with Crippen LogP contribution in [0.1, 0.15) is 36.0 Å². The first-order chi connectivity index (χ1) is 9.41. The molecule has 20 heavy (non-hydrogen) atoms. The minimum Gasteiger partial charge on any atom is -0.481 e. The van der Waals surface area contributed by atoms with Crippen LogP contribution in [0.25, 0.3) is 0 Å². The Balaban J connectivity index is 2.42. The van der Waals surface area contributed by atoms with Gasteiger partial charge in [0.05, 0.1) is 12.2 Å². The quantitative estimate of drug-likeness (QED) is 0.352. The molecule has 0 radical (unpaired) electrons. The number of carboxylic acids is 1. The first-order valence-electron chi connectivity index (χ1n) is 5.95. The van der Waals surface area contributed by atoms with Crippen LogP contribution in [-0.4, -0.2) is 23.7 Å². The van der Waals surface area contributed by atoms with Gasteiger partial charge in [-0.3, -0.25) is 4.79 Å². The topological polar surface area (TPSA) is 63.6 Å². The fourth-order valence-electron chi connectivity index (χ4n) is 1.50. The maximum atomic E-state index is 11.9. The fourth-order valence-corrected chi connectivity index (χ4v) is 3.12. The zero-order valence-electron chi connectivity index (χ0n) is 10.5. The molecule has 1 aromatic carbocycles. The van der Waals surface area contributed by atoms with E-state index >= 15 is 0 Å². The maximum absolute atomic E-state index is 11.9. The van der Waals surface area contributed by atoms with Crippen molar-refractivity contribution < 1.29 is 19.4 Å². The van der Waals surface area contributed by atoms with Gasteiger partial charge in [0.15, 0.2) is 0 Å². The van der Waals surface area contributed by atoms with Gasteiger partial charge in [-0.1, -0.05) is 15.9 Å². The van der Waals surface area contributed by atoms with Crippen molar-refractivity contribution in [2.45, 2.75) is 25.7 Å². The van der Waals surface area contributed by atoms with Crippen LogP contribution in [0, 0.1) is 0 Å². The number of hydrogen-bond donors (Lipinski definition) is 1. The minimum atomic E-state index is -0.801. The average molecular weight is 473 g/mol. The smallest absolute Gasteiger partial charge is 0.339 e. The third kappa shape index (κ3) is 5.93. The Morgan fingerprint density at radius 1 is 1.10 bits per heavy atom. The van der Waals surface area contributed by atoms with Crippen molar-refractivity contribution in [2.75, 3.05) is 6.61 Å². The molecule has 0 amide bonds. The highest BCUT2D eigenvalue weighted by atomic mass is 79.9. The first kappa shape index (κ1) is 17.7. The third-order valence-corrected chi connectivity index (χ3v) is 4.95. The molecular formula is C13H13Br3O4. The summed E-state index contributed by atoms with van der Waals surface area (Å²) in [5.41, 5.74) is 0.441. The minimum absolute atomic E-state index is 0.151. The molecule has 1 rings (SSSR count). The van der Waals surface area contributed by atoms with E-state index in [4.69, 9.17) is 9.84 Å². The van der Waals surface area contributed by atoms with Crippen LogP contribution in [0.2, 0.25) is 0 Å². The molecule has 110 valence electrons. The van der Waals surface area contributed by atoms with Crippen molar-refractivity contribution in [1.29, 1.82) is 0 Å². The number of unbranched alkanes of at least 4 members (excludes halogenated alkanes) is 2. The highest BCUT2D eigenvalue weighted by molar-refractivity contribution is 9.13. The van der Waals surface area contributed by atoms with E-state index in [0.29, 0.717) is 22.9 Å². The van der Waals surface area contributed by atoms with E-state index in [-0.39, 0.29) is 13.0 Å². The van der Waals surface area contributed by atoms with E-state index < -0.39 is 11.9 Å². The number of halogens is 3. The summed E-state index contributed by atoms with van der Waals surface area (Å²) in [6.07, 6.45) is 2.13. The SMILES string of the molecule is O=C(O)CCCCCOC(=O)c1cc(Br)cc(Br)c1Br. The summed E-state index contributed by atoms with van der Waals surface area (Å²) >= 11 is 9.99. The molecule has 0 aliphatic heterocycles. The van der Waals surface area contributed by atoms with Crippen molar-refractivity contribution in [3.05, 3.63) is 31.1 Å². The van der Waals surface area contributed by atoms with Crippen LogP contribution >= 0.6 is 47.8 Å². The maximum Gasteiger partial charge on any atom is 0.339 e. The Hall–Kier alpha value is -0.400. The van der Waals surface area contributed by atoms with Crippen LogP contribution < -0.4 is 0 Å². The molecule has 7 heteroatoms. The molecule has 4 nitrogen and oxygen atoms in total. The Labute approximate surface area is 142 Å². The van der Waals surface area contributed by atoms with E-state index in [1.165, 1.54) is 0 Å². The lowest BCUT2D eigenvalue weighted by atomic mass is 10.2. The predicted molar refractivity (Wildman–Crippen MR) is 85.9 cm³/mol. The van der Waals surface area contributed by atoms with Gasteiger partial charge in [-0.05, 0) is 63.3 Å². The molecule has 1 N–H and O–H groups in total. The molecule has 0 atom stereocenters. The van der Waals surface area contributed by atoms with Gasteiger partial charge < -0.3 is 9.84 Å². The fraction of sp³-hybridized carbons (Fsp3) is 0.385. The van der Waals surface area contributed by atoms with Crippen molar-refractivity contribution in [3.8, 4) is 0 Å². The van der Waals surface area contributed by atoms with Gasteiger partial charge in [0.2, 0.25) is 0 Å². The Morgan fingerprint density at radius 2 is 1.80 bits per heavy atom. The van der Waals surface area contributed by atoms with E-state index in [2.05, 4.69) is 47.8 Å². The number of aliphatic carboxylic acids is 1. The van der Waals surface area contributed by atoms with Gasteiger partial charge in [0.1, 0.15) is 0 Å². The van der Waals surface area contributed by atoms with Crippen LogP contribution in [0.3, 0.4) is 0 Å². The summed E-state index contributed by atoms with van der Waals surface area (Å²) in [6.45, 7) is 0.287. The predicted octanol–water partition coefficient (Wildman–Crippen LogP) is 4.78. The lowest BCUT2D eigenvalue weighted by molar-refractivity contribution is -0.137. The van der Waals surface area contributed by atoms with Gasteiger partial charge in [-0.2, -0.15) is 0 Å². The van der Waals surface area contributed by atoms with Crippen molar-refractivity contribution in [2.24, 2.45) is 0 Å². The second-order valence-corrected chi connectivity index (χ2v) is 6.65. The second-order valence-electron chi connectivity index (χ2n) is 4.09. The number of esters is 1. The summed E-state index contributed by atoms with van der Waals surface area (Å²) in [5.74, 6) is -1.21. The number of carboxylic acid groups (broad SMARTS) is 1. The van der Waals surface area contributed by atoms with Crippen molar-refractivity contribution >= 4 is 59.7 Å². The highest BCUT2D eigenvalue weighted by Gasteiger charge is 2.14. The molecule has 1 aromatic rings. The molecule has 0 aliphatic rings. The van der Waals surface area contributed by atoms with Gasteiger partial charge >= 0.3 is 11.9 Å². The Kier molecular flexibility index (Phi) is 7.76. The summed E-state index contributed by atoms with van der Waals surface area (Å²) in [5, 5.41) is 8.49. The summed E-state index contributed by atoms with van der Waals surface area (Å²) in [6, 6.07) is 3.51. The van der Waals surface area contributed by atoms with Gasteiger partial charge in [0, 0.05) is 19.8 Å². The van der Waals surface area contributed by atoms with Crippen molar-refractivity contribution in [1.82, 2.24) is 0 Å². The Bertz CT molecular complexity index is 503. The monoisotopic (exact) mass is 470 g/mol. The van der Waals surface area contributed by atoms with E-state index in [0.717, 1.165) is 15.4 Å². The number of hydrogen-bond acceptors (Lipinski definition) is 3. The molecule has 0 unspecified atom stereocenters. The molecule has 0 saturated carbocycles. The highest BCUT2D eigenvalue weighted by Crippen LogP contribution is 2.31. The molecule has 0 saturated heterocycles. The second kappa shape index (κ2) is 8.79. The molecule has 0 heterocycles. The van der Waals surface area contributed by atoms with Gasteiger partial charge in [-0.25, -0.2) is 4.79 Å².